The van der Waals surface area contributed by atoms with Crippen LogP contribution in [0, 0.1) is 5.92 Å². The third kappa shape index (κ3) is 2.13. The van der Waals surface area contributed by atoms with E-state index < -0.39 is 0 Å². The minimum absolute atomic E-state index is 0.0748. The second-order valence-corrected chi connectivity index (χ2v) is 5.83. The molecule has 2 aliphatic rings. The van der Waals surface area contributed by atoms with E-state index in [0.29, 0.717) is 29.0 Å². The minimum Gasteiger partial charge on any atom is -0.494 e. The van der Waals surface area contributed by atoms with Gasteiger partial charge in [-0.3, -0.25) is 4.79 Å². The molecule has 2 atom stereocenters. The number of carbonyl (C=O) groups is 1. The zero-order chi connectivity index (χ0) is 14.1. The smallest absolute Gasteiger partial charge is 0.257 e. The maximum absolute atomic E-state index is 12.9. The van der Waals surface area contributed by atoms with E-state index in [1.807, 2.05) is 12.1 Å². The zero-order valence-electron chi connectivity index (χ0n) is 12.0. The van der Waals surface area contributed by atoms with Gasteiger partial charge < -0.3 is 15.4 Å². The monoisotopic (exact) mass is 274 g/mol. The Morgan fingerprint density at radius 1 is 1.30 bits per heavy atom. The van der Waals surface area contributed by atoms with Gasteiger partial charge in [0.25, 0.3) is 5.91 Å². The highest BCUT2D eigenvalue weighted by Crippen LogP contribution is 2.38. The second-order valence-electron chi connectivity index (χ2n) is 5.83. The lowest BCUT2D eigenvalue weighted by Crippen LogP contribution is -2.46. The fraction of sp³-hybridized carbons (Fsp3) is 0.562. The van der Waals surface area contributed by atoms with E-state index in [4.69, 9.17) is 10.5 Å². The number of hydrogen-bond donors (Lipinski definition) is 1. The third-order valence-corrected chi connectivity index (χ3v) is 4.73. The summed E-state index contributed by atoms with van der Waals surface area (Å²) in [4.78, 5) is 14.9. The van der Waals surface area contributed by atoms with Gasteiger partial charge in [0.05, 0.1) is 18.4 Å². The van der Waals surface area contributed by atoms with Gasteiger partial charge in [-0.25, -0.2) is 0 Å². The largest absolute Gasteiger partial charge is 0.494 e. The molecule has 1 aliphatic carbocycles. The summed E-state index contributed by atoms with van der Waals surface area (Å²) < 4.78 is 5.33. The molecule has 2 N–H and O–H groups in total. The van der Waals surface area contributed by atoms with Crippen molar-refractivity contribution >= 4 is 11.6 Å². The molecule has 108 valence electrons. The molecule has 1 saturated heterocycles. The van der Waals surface area contributed by atoms with Gasteiger partial charge in [0.15, 0.2) is 5.75 Å². The quantitative estimate of drug-likeness (QED) is 0.844. The standard InChI is InChI=1S/C16H22N2O2/c1-20-15-12(7-3-8-13(15)17)16(19)18-10-4-6-11-5-2-9-14(11)18/h3,7-8,11,14H,2,4-6,9-10,17H2,1H3. The molecule has 1 amide bonds. The molecule has 1 aromatic carbocycles. The number of benzene rings is 1. The fourth-order valence-electron chi connectivity index (χ4n) is 3.81. The van der Waals surface area contributed by atoms with Crippen LogP contribution in [0.3, 0.4) is 0 Å². The maximum atomic E-state index is 12.9. The number of fused-ring (bicyclic) bond motifs is 1. The van der Waals surface area contributed by atoms with Crippen molar-refractivity contribution in [1.82, 2.24) is 4.90 Å². The number of nitrogens with two attached hydrogens (primary N) is 1. The Morgan fingerprint density at radius 3 is 2.90 bits per heavy atom. The number of nitrogens with zero attached hydrogens (tertiary/aromatic N) is 1. The number of ether oxygens (including phenoxy) is 1. The van der Waals surface area contributed by atoms with Crippen LogP contribution in [0.15, 0.2) is 18.2 Å². The molecule has 2 unspecified atom stereocenters. The first kappa shape index (κ1) is 13.3. The van der Waals surface area contributed by atoms with Crippen LogP contribution in [-0.2, 0) is 0 Å². The Balaban J connectivity index is 1.90. The first-order chi connectivity index (χ1) is 9.72. The summed E-state index contributed by atoms with van der Waals surface area (Å²) in [5.74, 6) is 1.28. The van der Waals surface area contributed by atoms with Crippen molar-refractivity contribution in [1.29, 1.82) is 0 Å². The van der Waals surface area contributed by atoms with Crippen LogP contribution in [0.2, 0.25) is 0 Å². The topological polar surface area (TPSA) is 55.6 Å². The number of amides is 1. The molecule has 0 radical (unpaired) electrons. The molecule has 1 saturated carbocycles. The highest BCUT2D eigenvalue weighted by atomic mass is 16.5. The SMILES string of the molecule is COc1c(N)cccc1C(=O)N1CCCC2CCCC21. The first-order valence-corrected chi connectivity index (χ1v) is 7.46. The van der Waals surface area contributed by atoms with Crippen molar-refractivity contribution in [2.45, 2.75) is 38.1 Å². The third-order valence-electron chi connectivity index (χ3n) is 4.73. The lowest BCUT2D eigenvalue weighted by molar-refractivity contribution is 0.0545. The Hall–Kier alpha value is -1.71. The van der Waals surface area contributed by atoms with Gasteiger partial charge in [-0.1, -0.05) is 12.5 Å². The van der Waals surface area contributed by atoms with Crippen molar-refractivity contribution in [3.8, 4) is 5.75 Å². The highest BCUT2D eigenvalue weighted by molar-refractivity contribution is 5.99. The Labute approximate surface area is 119 Å². The number of hydrogen-bond acceptors (Lipinski definition) is 3. The van der Waals surface area contributed by atoms with E-state index in [-0.39, 0.29) is 5.91 Å². The van der Waals surface area contributed by atoms with Gasteiger partial charge in [0.2, 0.25) is 0 Å². The molecule has 0 bridgehead atoms. The number of carbonyl (C=O) groups excluding carboxylic acids is 1. The van der Waals surface area contributed by atoms with Crippen LogP contribution in [0.1, 0.15) is 42.5 Å². The summed E-state index contributed by atoms with van der Waals surface area (Å²) in [6.07, 6.45) is 6.02. The molecule has 1 heterocycles. The van der Waals surface area contributed by atoms with E-state index in [9.17, 15) is 4.79 Å². The first-order valence-electron chi connectivity index (χ1n) is 7.46. The van der Waals surface area contributed by atoms with Crippen LogP contribution >= 0.6 is 0 Å². The van der Waals surface area contributed by atoms with E-state index in [1.54, 1.807) is 13.2 Å². The fourth-order valence-corrected chi connectivity index (χ4v) is 3.81. The van der Waals surface area contributed by atoms with Crippen molar-refractivity contribution in [2.75, 3.05) is 19.4 Å². The van der Waals surface area contributed by atoms with Crippen molar-refractivity contribution in [3.63, 3.8) is 0 Å². The molecule has 20 heavy (non-hydrogen) atoms. The number of rotatable bonds is 2. The molecule has 0 spiro atoms. The number of nitrogen functional groups attached to an aromatic ring is 1. The van der Waals surface area contributed by atoms with E-state index in [1.165, 1.54) is 19.3 Å². The minimum atomic E-state index is 0.0748. The van der Waals surface area contributed by atoms with Gasteiger partial charge in [0.1, 0.15) is 0 Å². The van der Waals surface area contributed by atoms with Crippen LogP contribution in [-0.4, -0.2) is 30.5 Å². The van der Waals surface area contributed by atoms with Gasteiger partial charge in [-0.2, -0.15) is 0 Å². The van der Waals surface area contributed by atoms with Crippen molar-refractivity contribution < 1.29 is 9.53 Å². The maximum Gasteiger partial charge on any atom is 0.257 e. The number of anilines is 1. The van der Waals surface area contributed by atoms with E-state index in [2.05, 4.69) is 4.90 Å². The second kappa shape index (κ2) is 5.35. The number of piperidine rings is 1. The van der Waals surface area contributed by atoms with E-state index in [0.717, 1.165) is 19.4 Å². The van der Waals surface area contributed by atoms with Crippen LogP contribution in [0.4, 0.5) is 5.69 Å². The van der Waals surface area contributed by atoms with Crippen LogP contribution in [0.5, 0.6) is 5.75 Å². The molecule has 4 heteroatoms. The lowest BCUT2D eigenvalue weighted by atomic mass is 9.91. The average Bonchev–Trinajstić information content (AvgIpc) is 2.94. The normalized spacial score (nSPS) is 25.4. The van der Waals surface area contributed by atoms with Gasteiger partial charge in [-0.05, 0) is 43.7 Å². The van der Waals surface area contributed by atoms with Crippen LogP contribution < -0.4 is 10.5 Å². The summed E-state index contributed by atoms with van der Waals surface area (Å²) in [7, 11) is 1.57. The molecule has 0 aromatic heterocycles. The molecule has 3 rings (SSSR count). The number of para-hydroxylation sites is 1. The Bertz CT molecular complexity index is 515. The lowest BCUT2D eigenvalue weighted by Gasteiger charge is -2.38. The predicted octanol–water partition coefficient (Wildman–Crippen LogP) is 2.68. The van der Waals surface area contributed by atoms with Gasteiger partial charge in [-0.15, -0.1) is 0 Å². The molecule has 1 aliphatic heterocycles. The number of methoxy groups -OCH3 is 1. The highest BCUT2D eigenvalue weighted by Gasteiger charge is 2.38. The van der Waals surface area contributed by atoms with Crippen molar-refractivity contribution in [2.24, 2.45) is 5.92 Å². The molecule has 1 aromatic rings. The van der Waals surface area contributed by atoms with Gasteiger partial charge >= 0.3 is 0 Å². The van der Waals surface area contributed by atoms with Gasteiger partial charge in [0, 0.05) is 12.6 Å². The summed E-state index contributed by atoms with van der Waals surface area (Å²) in [6, 6.07) is 5.82. The van der Waals surface area contributed by atoms with Crippen molar-refractivity contribution in [3.05, 3.63) is 23.8 Å². The molecular formula is C16H22N2O2. The Kier molecular flexibility index (Phi) is 3.55. The molecule has 2 fully saturated rings. The van der Waals surface area contributed by atoms with Crippen LogP contribution in [0.25, 0.3) is 0 Å². The average molecular weight is 274 g/mol. The van der Waals surface area contributed by atoms with E-state index >= 15 is 0 Å². The number of likely N-dealkylation sites (tertiary alicyclic amines) is 1. The molecule has 4 nitrogen and oxygen atoms in total. The zero-order valence-corrected chi connectivity index (χ0v) is 12.0. The summed E-state index contributed by atoms with van der Waals surface area (Å²) >= 11 is 0. The molecular weight excluding hydrogens is 252 g/mol. The predicted molar refractivity (Wildman–Crippen MR) is 78.8 cm³/mol. The summed E-state index contributed by atoms with van der Waals surface area (Å²) in [5, 5.41) is 0. The Morgan fingerprint density at radius 2 is 2.10 bits per heavy atom. The summed E-state index contributed by atoms with van der Waals surface area (Å²) in [5.41, 5.74) is 7.03. The summed E-state index contributed by atoms with van der Waals surface area (Å²) in [6.45, 7) is 0.859.